The quantitative estimate of drug-likeness (QED) is 0.0875. The van der Waals surface area contributed by atoms with Crippen molar-refractivity contribution in [3.63, 3.8) is 0 Å². The van der Waals surface area contributed by atoms with Gasteiger partial charge in [0.05, 0.1) is 11.8 Å². The van der Waals surface area contributed by atoms with Crippen LogP contribution in [0.25, 0.3) is 0 Å². The lowest BCUT2D eigenvalue weighted by atomic mass is 9.84. The van der Waals surface area contributed by atoms with E-state index in [0.29, 0.717) is 12.8 Å². The second kappa shape index (κ2) is 28.9. The molecule has 0 aromatic carbocycles. The first-order valence-electron chi connectivity index (χ1n) is 15.3. The van der Waals surface area contributed by atoms with Crippen LogP contribution in [0.4, 0.5) is 0 Å². The summed E-state index contributed by atoms with van der Waals surface area (Å²) in [6.07, 6.45) is 45.2. The largest absolute Gasteiger partial charge is 0.481 e. The Morgan fingerprint density at radius 3 is 1.07 bits per heavy atom. The van der Waals surface area contributed by atoms with Crippen LogP contribution in [0, 0.1) is 11.8 Å². The topological polar surface area (TPSA) is 74.6 Å². The van der Waals surface area contributed by atoms with Gasteiger partial charge in [-0.2, -0.15) is 0 Å². The third-order valence-electron chi connectivity index (χ3n) is 6.52. The smallest absolute Gasteiger partial charge is 0.307 e. The lowest BCUT2D eigenvalue weighted by molar-refractivity contribution is -0.154. The van der Waals surface area contributed by atoms with E-state index < -0.39 is 23.8 Å². The van der Waals surface area contributed by atoms with E-state index in [0.717, 1.165) is 77.0 Å². The summed E-state index contributed by atoms with van der Waals surface area (Å²) in [6.45, 7) is 4.22. The van der Waals surface area contributed by atoms with E-state index in [4.69, 9.17) is 0 Å². The second-order valence-electron chi connectivity index (χ2n) is 9.94. The summed E-state index contributed by atoms with van der Waals surface area (Å²) in [5, 5.41) is 19.4. The van der Waals surface area contributed by atoms with Crippen LogP contribution in [0.5, 0.6) is 0 Å². The summed E-state index contributed by atoms with van der Waals surface area (Å²) in [7, 11) is 0. The maximum atomic E-state index is 11.9. The van der Waals surface area contributed by atoms with E-state index in [1.165, 1.54) is 0 Å². The number of allylic oxidation sites excluding steroid dienone is 16. The summed E-state index contributed by atoms with van der Waals surface area (Å²) >= 11 is 0. The molecule has 0 fully saturated rings. The van der Waals surface area contributed by atoms with Crippen LogP contribution >= 0.6 is 0 Å². The Morgan fingerprint density at radius 1 is 0.450 bits per heavy atom. The zero-order valence-corrected chi connectivity index (χ0v) is 25.0. The lowest BCUT2D eigenvalue weighted by Gasteiger charge is -2.20. The minimum atomic E-state index is -0.976. The molecule has 0 aliphatic heterocycles. The highest BCUT2D eigenvalue weighted by Gasteiger charge is 2.32. The average Bonchev–Trinajstić information content (AvgIpc) is 2.93. The van der Waals surface area contributed by atoms with Crippen molar-refractivity contribution in [1.82, 2.24) is 0 Å². The zero-order chi connectivity index (χ0) is 29.5. The van der Waals surface area contributed by atoms with Crippen LogP contribution in [0.1, 0.15) is 104 Å². The Balaban J connectivity index is 4.15. The van der Waals surface area contributed by atoms with E-state index in [-0.39, 0.29) is 0 Å². The predicted molar refractivity (Wildman–Crippen MR) is 171 cm³/mol. The third kappa shape index (κ3) is 23.9. The highest BCUT2D eigenvalue weighted by atomic mass is 16.4. The van der Waals surface area contributed by atoms with E-state index in [9.17, 15) is 19.8 Å². The van der Waals surface area contributed by atoms with Crippen molar-refractivity contribution in [1.29, 1.82) is 0 Å². The molecule has 0 amide bonds. The van der Waals surface area contributed by atoms with Crippen molar-refractivity contribution in [3.05, 3.63) is 97.2 Å². The number of aliphatic carboxylic acids is 2. The van der Waals surface area contributed by atoms with Gasteiger partial charge in [-0.05, 0) is 51.4 Å². The van der Waals surface area contributed by atoms with Crippen LogP contribution in [-0.2, 0) is 9.59 Å². The van der Waals surface area contributed by atoms with Crippen molar-refractivity contribution in [3.8, 4) is 0 Å². The Labute approximate surface area is 244 Å². The molecule has 0 heterocycles. The number of carboxylic acids is 2. The number of rotatable bonds is 25. The summed E-state index contributed by atoms with van der Waals surface area (Å²) in [5.74, 6) is -3.56. The molecule has 2 atom stereocenters. The average molecular weight is 551 g/mol. The molecule has 0 saturated carbocycles. The van der Waals surface area contributed by atoms with Crippen molar-refractivity contribution < 1.29 is 19.8 Å². The monoisotopic (exact) mass is 550 g/mol. The standard InChI is InChI=1S/C36H54O4/c1-3-5-7-9-11-13-15-17-19-21-23-25-27-29-31-33(35(37)38)34(36(39)40)32-30-28-26-24-22-20-18-16-14-12-10-8-6-4-2/h5-20,33-34H,3-4,21-32H2,1-2H3,(H,37,38)(H,39,40). The minimum Gasteiger partial charge on any atom is -0.481 e. The molecule has 0 radical (unpaired) electrons. The van der Waals surface area contributed by atoms with E-state index >= 15 is 0 Å². The molecule has 4 nitrogen and oxygen atoms in total. The maximum Gasteiger partial charge on any atom is 0.307 e. The molecule has 0 bridgehead atoms. The number of unbranched alkanes of at least 4 members (excludes halogenated alkanes) is 8. The van der Waals surface area contributed by atoms with Gasteiger partial charge in [-0.25, -0.2) is 0 Å². The van der Waals surface area contributed by atoms with Gasteiger partial charge in [-0.1, -0.05) is 150 Å². The SMILES string of the molecule is CCC=CC=CC=CC=CCCCCCCC(C(=O)O)C(CCCCCCC=CC=CC=CC=CCC)C(=O)O. The molecule has 0 spiro atoms. The fourth-order valence-corrected chi connectivity index (χ4v) is 4.25. The highest BCUT2D eigenvalue weighted by molar-refractivity contribution is 5.79. The third-order valence-corrected chi connectivity index (χ3v) is 6.52. The molecule has 40 heavy (non-hydrogen) atoms. The van der Waals surface area contributed by atoms with Crippen LogP contribution < -0.4 is 0 Å². The Kier molecular flexibility index (Phi) is 26.6. The number of carboxylic acid groups (broad SMARTS) is 2. The van der Waals surface area contributed by atoms with Gasteiger partial charge in [-0.15, -0.1) is 0 Å². The fraction of sp³-hybridized carbons (Fsp3) is 0.500. The van der Waals surface area contributed by atoms with Crippen molar-refractivity contribution in [2.45, 2.75) is 104 Å². The first-order chi connectivity index (χ1) is 19.5. The van der Waals surface area contributed by atoms with Crippen molar-refractivity contribution in [2.75, 3.05) is 0 Å². The fourth-order valence-electron chi connectivity index (χ4n) is 4.25. The van der Waals surface area contributed by atoms with Gasteiger partial charge in [0, 0.05) is 0 Å². The number of hydrogen-bond donors (Lipinski definition) is 2. The molecule has 2 N–H and O–H groups in total. The van der Waals surface area contributed by atoms with Crippen LogP contribution in [0.15, 0.2) is 97.2 Å². The Hall–Kier alpha value is -3.14. The summed E-state index contributed by atoms with van der Waals surface area (Å²) in [6, 6.07) is 0. The summed E-state index contributed by atoms with van der Waals surface area (Å²) in [5.41, 5.74) is 0. The van der Waals surface area contributed by atoms with Gasteiger partial charge >= 0.3 is 11.9 Å². The molecule has 0 aliphatic carbocycles. The molecule has 0 saturated heterocycles. The lowest BCUT2D eigenvalue weighted by Crippen LogP contribution is -2.30. The summed E-state index contributed by atoms with van der Waals surface area (Å²) < 4.78 is 0. The number of carbonyl (C=O) groups is 2. The molecule has 2 unspecified atom stereocenters. The first-order valence-corrected chi connectivity index (χ1v) is 15.3. The molecule has 0 aliphatic rings. The van der Waals surface area contributed by atoms with Crippen LogP contribution in [-0.4, -0.2) is 22.2 Å². The molecule has 4 heteroatoms. The van der Waals surface area contributed by atoms with E-state index in [2.05, 4.69) is 38.2 Å². The van der Waals surface area contributed by atoms with Crippen LogP contribution in [0.3, 0.4) is 0 Å². The molecular weight excluding hydrogens is 496 g/mol. The van der Waals surface area contributed by atoms with E-state index in [1.54, 1.807) is 0 Å². The molecule has 222 valence electrons. The second-order valence-corrected chi connectivity index (χ2v) is 9.94. The normalized spacial score (nSPS) is 14.6. The van der Waals surface area contributed by atoms with Gasteiger partial charge < -0.3 is 10.2 Å². The first kappa shape index (κ1) is 36.9. The van der Waals surface area contributed by atoms with Gasteiger partial charge in [-0.3, -0.25) is 9.59 Å². The zero-order valence-electron chi connectivity index (χ0n) is 25.0. The predicted octanol–water partition coefficient (Wildman–Crippen LogP) is 10.3. The van der Waals surface area contributed by atoms with Crippen molar-refractivity contribution >= 4 is 11.9 Å². The maximum absolute atomic E-state index is 11.9. The van der Waals surface area contributed by atoms with Gasteiger partial charge in [0.15, 0.2) is 0 Å². The van der Waals surface area contributed by atoms with Crippen molar-refractivity contribution in [2.24, 2.45) is 11.8 Å². The Morgan fingerprint density at radius 2 is 0.750 bits per heavy atom. The minimum absolute atomic E-state index is 0.437. The Bertz CT molecular complexity index is 795. The van der Waals surface area contributed by atoms with Crippen LogP contribution in [0.2, 0.25) is 0 Å². The highest BCUT2D eigenvalue weighted by Crippen LogP contribution is 2.26. The number of hydrogen-bond acceptors (Lipinski definition) is 2. The van der Waals surface area contributed by atoms with Gasteiger partial charge in [0.2, 0.25) is 0 Å². The van der Waals surface area contributed by atoms with Gasteiger partial charge in [0.25, 0.3) is 0 Å². The molecule has 0 aromatic heterocycles. The molecule has 0 rings (SSSR count). The summed E-state index contributed by atoms with van der Waals surface area (Å²) in [4.78, 5) is 23.7. The molecular formula is C36H54O4. The van der Waals surface area contributed by atoms with E-state index in [1.807, 2.05) is 72.9 Å². The van der Waals surface area contributed by atoms with Gasteiger partial charge in [0.1, 0.15) is 0 Å². The molecule has 0 aromatic rings.